The van der Waals surface area contributed by atoms with Crippen molar-refractivity contribution < 1.29 is 14.1 Å². The number of hydrogen-bond acceptors (Lipinski definition) is 5. The zero-order chi connectivity index (χ0) is 23.1. The van der Waals surface area contributed by atoms with Gasteiger partial charge in [0.25, 0.3) is 11.6 Å². The summed E-state index contributed by atoms with van der Waals surface area (Å²) in [5.41, 5.74) is 1.43. The van der Waals surface area contributed by atoms with Gasteiger partial charge in [-0.15, -0.1) is 0 Å². The summed E-state index contributed by atoms with van der Waals surface area (Å²) in [6, 6.07) is 19.5. The van der Waals surface area contributed by atoms with E-state index in [9.17, 15) is 19.7 Å². The van der Waals surface area contributed by atoms with Crippen LogP contribution < -0.4 is 5.43 Å². The highest BCUT2D eigenvalue weighted by Crippen LogP contribution is 2.39. The number of nitro benzene ring substituents is 1. The molecular formula is C25H17ClN2O5. The van der Waals surface area contributed by atoms with E-state index >= 15 is 0 Å². The summed E-state index contributed by atoms with van der Waals surface area (Å²) in [5, 5.41) is 12.0. The summed E-state index contributed by atoms with van der Waals surface area (Å²) in [5.74, 6) is -0.467. The van der Waals surface area contributed by atoms with E-state index in [-0.39, 0.29) is 33.4 Å². The quantitative estimate of drug-likeness (QED) is 0.303. The largest absolute Gasteiger partial charge is 0.450 e. The van der Waals surface area contributed by atoms with Gasteiger partial charge in [0, 0.05) is 23.7 Å². The minimum Gasteiger partial charge on any atom is -0.450 e. The molecule has 1 unspecified atom stereocenters. The highest BCUT2D eigenvalue weighted by Gasteiger charge is 2.42. The zero-order valence-electron chi connectivity index (χ0n) is 17.2. The van der Waals surface area contributed by atoms with Crippen molar-refractivity contribution in [3.05, 3.63) is 121 Å². The maximum atomic E-state index is 13.5. The number of halogens is 1. The van der Waals surface area contributed by atoms with Gasteiger partial charge in [0.2, 0.25) is 5.76 Å². The Morgan fingerprint density at radius 3 is 2.55 bits per heavy atom. The molecule has 0 saturated heterocycles. The lowest BCUT2D eigenvalue weighted by Crippen LogP contribution is -2.31. The van der Waals surface area contributed by atoms with Gasteiger partial charge in [-0.2, -0.15) is 0 Å². The number of non-ortho nitro benzene ring substituents is 1. The number of benzene rings is 3. The first-order valence-corrected chi connectivity index (χ1v) is 10.7. The minimum atomic E-state index is -0.809. The van der Waals surface area contributed by atoms with Crippen molar-refractivity contribution in [3.63, 3.8) is 0 Å². The summed E-state index contributed by atoms with van der Waals surface area (Å²) < 4.78 is 5.88. The highest BCUT2D eigenvalue weighted by molar-refractivity contribution is 6.31. The number of fused-ring (bicyclic) bond motifs is 2. The molecule has 1 atom stereocenters. The number of amides is 1. The van der Waals surface area contributed by atoms with Gasteiger partial charge in [0.15, 0.2) is 5.43 Å². The second-order valence-corrected chi connectivity index (χ2v) is 8.24. The molecule has 5 rings (SSSR count). The summed E-state index contributed by atoms with van der Waals surface area (Å²) in [4.78, 5) is 39.3. The van der Waals surface area contributed by atoms with Crippen LogP contribution in [-0.2, 0) is 6.42 Å². The molecule has 4 aromatic rings. The van der Waals surface area contributed by atoms with Crippen LogP contribution >= 0.6 is 11.6 Å². The van der Waals surface area contributed by atoms with E-state index in [0.29, 0.717) is 23.6 Å². The van der Waals surface area contributed by atoms with Crippen molar-refractivity contribution in [1.29, 1.82) is 0 Å². The average molecular weight is 461 g/mol. The molecular weight excluding hydrogens is 444 g/mol. The molecule has 2 heterocycles. The molecule has 1 aliphatic rings. The van der Waals surface area contributed by atoms with Gasteiger partial charge in [-0.1, -0.05) is 54.1 Å². The molecule has 8 heteroatoms. The number of nitrogens with zero attached hydrogens (tertiary/aromatic N) is 2. The SMILES string of the molecule is O=C1c2oc3ccc(Cl)cc3c(=O)c2C(c2cccc([N+](=O)[O-])c2)N1CCc1ccccc1. The van der Waals surface area contributed by atoms with E-state index in [4.69, 9.17) is 16.0 Å². The maximum absolute atomic E-state index is 13.5. The van der Waals surface area contributed by atoms with Crippen molar-refractivity contribution in [2.75, 3.05) is 6.54 Å². The van der Waals surface area contributed by atoms with E-state index in [1.807, 2.05) is 30.3 Å². The lowest BCUT2D eigenvalue weighted by atomic mass is 9.98. The van der Waals surface area contributed by atoms with Crippen molar-refractivity contribution in [2.24, 2.45) is 0 Å². The van der Waals surface area contributed by atoms with Gasteiger partial charge in [0.1, 0.15) is 5.58 Å². The molecule has 0 bridgehead atoms. The molecule has 164 valence electrons. The number of hydrogen-bond donors (Lipinski definition) is 0. The molecule has 1 aromatic heterocycles. The van der Waals surface area contributed by atoms with Crippen molar-refractivity contribution in [2.45, 2.75) is 12.5 Å². The molecule has 0 aliphatic carbocycles. The fourth-order valence-corrected chi connectivity index (χ4v) is 4.44. The molecule has 1 amide bonds. The molecule has 0 spiro atoms. The van der Waals surface area contributed by atoms with Gasteiger partial charge >= 0.3 is 0 Å². The Morgan fingerprint density at radius 1 is 1.00 bits per heavy atom. The monoisotopic (exact) mass is 460 g/mol. The van der Waals surface area contributed by atoms with Crippen LogP contribution in [0.3, 0.4) is 0 Å². The van der Waals surface area contributed by atoms with Gasteiger partial charge in [-0.25, -0.2) is 0 Å². The van der Waals surface area contributed by atoms with Crippen LogP contribution in [0.15, 0.2) is 82.0 Å². The number of nitro groups is 1. The zero-order valence-corrected chi connectivity index (χ0v) is 18.0. The minimum absolute atomic E-state index is 0.0422. The van der Waals surface area contributed by atoms with Gasteiger partial charge < -0.3 is 9.32 Å². The predicted octanol–water partition coefficient (Wildman–Crippen LogP) is 5.14. The van der Waals surface area contributed by atoms with Crippen LogP contribution in [0, 0.1) is 10.1 Å². The molecule has 7 nitrogen and oxygen atoms in total. The summed E-state index contributed by atoms with van der Waals surface area (Å²) >= 11 is 6.09. The lowest BCUT2D eigenvalue weighted by molar-refractivity contribution is -0.384. The van der Waals surface area contributed by atoms with Crippen molar-refractivity contribution in [3.8, 4) is 0 Å². The second kappa shape index (κ2) is 8.18. The topological polar surface area (TPSA) is 93.7 Å². The van der Waals surface area contributed by atoms with Gasteiger partial charge in [-0.3, -0.25) is 19.7 Å². The first kappa shape index (κ1) is 20.9. The molecule has 3 aromatic carbocycles. The highest BCUT2D eigenvalue weighted by atomic mass is 35.5. The van der Waals surface area contributed by atoms with Crippen molar-refractivity contribution >= 4 is 34.2 Å². The van der Waals surface area contributed by atoms with Crippen LogP contribution in [0.1, 0.15) is 33.3 Å². The molecule has 0 radical (unpaired) electrons. The Morgan fingerprint density at radius 2 is 1.79 bits per heavy atom. The normalized spacial score (nSPS) is 15.1. The van der Waals surface area contributed by atoms with E-state index in [1.165, 1.54) is 18.2 Å². The molecule has 1 aliphatic heterocycles. The number of rotatable bonds is 5. The third-order valence-corrected chi connectivity index (χ3v) is 6.04. The molecule has 0 N–H and O–H groups in total. The fourth-order valence-electron chi connectivity index (χ4n) is 4.27. The van der Waals surface area contributed by atoms with Crippen LogP contribution in [0.2, 0.25) is 5.02 Å². The van der Waals surface area contributed by atoms with E-state index < -0.39 is 16.9 Å². The lowest BCUT2D eigenvalue weighted by Gasteiger charge is -2.25. The molecule has 33 heavy (non-hydrogen) atoms. The van der Waals surface area contributed by atoms with Crippen LogP contribution in [-0.4, -0.2) is 22.3 Å². The third kappa shape index (κ3) is 3.66. The average Bonchev–Trinajstić information content (AvgIpc) is 3.11. The first-order chi connectivity index (χ1) is 15.9. The molecule has 0 saturated carbocycles. The summed E-state index contributed by atoms with van der Waals surface area (Å²) in [7, 11) is 0. The van der Waals surface area contributed by atoms with Gasteiger partial charge in [0.05, 0.1) is 21.9 Å². The number of carbonyl (C=O) groups excluding carboxylic acids is 1. The van der Waals surface area contributed by atoms with E-state index in [2.05, 4.69) is 0 Å². The fraction of sp³-hybridized carbons (Fsp3) is 0.120. The maximum Gasteiger partial charge on any atom is 0.290 e. The predicted molar refractivity (Wildman–Crippen MR) is 124 cm³/mol. The van der Waals surface area contributed by atoms with E-state index in [1.54, 1.807) is 29.2 Å². The van der Waals surface area contributed by atoms with E-state index in [0.717, 1.165) is 5.56 Å². The Kier molecular flexibility index (Phi) is 5.18. The Hall–Kier alpha value is -3.97. The Bertz CT molecular complexity index is 1470. The summed E-state index contributed by atoms with van der Waals surface area (Å²) in [6.07, 6.45) is 0.547. The van der Waals surface area contributed by atoms with Crippen molar-refractivity contribution in [1.82, 2.24) is 4.90 Å². The molecule has 0 fully saturated rings. The van der Waals surface area contributed by atoms with Crippen LogP contribution in [0.5, 0.6) is 0 Å². The van der Waals surface area contributed by atoms with Gasteiger partial charge in [-0.05, 0) is 35.7 Å². The smallest absolute Gasteiger partial charge is 0.290 e. The van der Waals surface area contributed by atoms with Crippen LogP contribution in [0.4, 0.5) is 5.69 Å². The number of carbonyl (C=O) groups is 1. The second-order valence-electron chi connectivity index (χ2n) is 7.80. The standard InChI is InChI=1S/C25H17ClN2O5/c26-17-9-10-20-19(14-17)23(29)21-22(16-7-4-8-18(13-16)28(31)32)27(25(30)24(21)33-20)12-11-15-5-2-1-3-6-15/h1-10,13-14,22H,11-12H2. The van der Waals surface area contributed by atoms with Crippen LogP contribution in [0.25, 0.3) is 11.0 Å². The third-order valence-electron chi connectivity index (χ3n) is 5.81. The Balaban J connectivity index is 1.68. The summed E-state index contributed by atoms with van der Waals surface area (Å²) in [6.45, 7) is 0.303. The first-order valence-electron chi connectivity index (χ1n) is 10.3. The Labute approximate surface area is 193 Å².